The molecule has 1 aliphatic heterocycles. The molecule has 0 aromatic heterocycles. The maximum absolute atomic E-state index is 12.8. The molecule has 0 spiro atoms. The van der Waals surface area contributed by atoms with E-state index in [9.17, 15) is 14.4 Å². The fraction of sp³-hybridized carbons (Fsp3) is 0.571. The van der Waals surface area contributed by atoms with Gasteiger partial charge in [-0.2, -0.15) is 0 Å². The molecule has 3 rings (SSSR count). The highest BCUT2D eigenvalue weighted by Gasteiger charge is 2.44. The van der Waals surface area contributed by atoms with Gasteiger partial charge in [-0.05, 0) is 37.7 Å². The Morgan fingerprint density at radius 2 is 1.88 bits per heavy atom. The largest absolute Gasteiger partial charge is 0.376 e. The van der Waals surface area contributed by atoms with E-state index in [1.807, 2.05) is 35.2 Å². The highest BCUT2D eigenvalue weighted by Crippen LogP contribution is 2.42. The van der Waals surface area contributed by atoms with Crippen LogP contribution in [0.2, 0.25) is 0 Å². The molecule has 1 aliphatic carbocycles. The SMILES string of the molecule is O=CC1CC(C(=O)N2CCCC2)CC(C=O)(COCc2ccccc2)C1. The van der Waals surface area contributed by atoms with Gasteiger partial charge >= 0.3 is 0 Å². The van der Waals surface area contributed by atoms with Gasteiger partial charge in [-0.25, -0.2) is 0 Å². The van der Waals surface area contributed by atoms with E-state index < -0.39 is 5.41 Å². The van der Waals surface area contributed by atoms with Crippen molar-refractivity contribution in [2.24, 2.45) is 17.3 Å². The minimum Gasteiger partial charge on any atom is -0.376 e. The lowest BCUT2D eigenvalue weighted by molar-refractivity contribution is -0.142. The van der Waals surface area contributed by atoms with Crippen LogP contribution in [0.5, 0.6) is 0 Å². The van der Waals surface area contributed by atoms with E-state index in [4.69, 9.17) is 4.74 Å². The third-order valence-corrected chi connectivity index (χ3v) is 5.62. The number of amides is 1. The predicted molar refractivity (Wildman–Crippen MR) is 97.3 cm³/mol. The molecule has 3 unspecified atom stereocenters. The van der Waals surface area contributed by atoms with Gasteiger partial charge in [0.2, 0.25) is 5.91 Å². The molecule has 1 aromatic carbocycles. The Balaban J connectivity index is 1.66. The van der Waals surface area contributed by atoms with Crippen molar-refractivity contribution in [2.45, 2.75) is 38.7 Å². The molecule has 0 bridgehead atoms. The number of hydrogen-bond acceptors (Lipinski definition) is 4. The minimum absolute atomic E-state index is 0.100. The Kier molecular flexibility index (Phi) is 6.20. The summed E-state index contributed by atoms with van der Waals surface area (Å²) in [6.07, 6.45) is 5.39. The summed E-state index contributed by atoms with van der Waals surface area (Å²) in [4.78, 5) is 38.1. The molecule has 3 atom stereocenters. The minimum atomic E-state index is -0.751. The number of rotatable bonds is 7. The van der Waals surface area contributed by atoms with Gasteiger partial charge in [0.15, 0.2) is 0 Å². The molecule has 0 N–H and O–H groups in total. The normalized spacial score (nSPS) is 28.7. The summed E-state index contributed by atoms with van der Waals surface area (Å²) < 4.78 is 5.83. The number of carbonyl (C=O) groups excluding carboxylic acids is 3. The second kappa shape index (κ2) is 8.58. The Bertz CT molecular complexity index is 626. The third kappa shape index (κ3) is 4.39. The van der Waals surface area contributed by atoms with E-state index in [2.05, 4.69) is 0 Å². The third-order valence-electron chi connectivity index (χ3n) is 5.62. The maximum atomic E-state index is 12.8. The Labute approximate surface area is 154 Å². The molecule has 5 heteroatoms. The van der Waals surface area contributed by atoms with Crippen molar-refractivity contribution in [3.63, 3.8) is 0 Å². The van der Waals surface area contributed by atoms with Gasteiger partial charge in [0.05, 0.1) is 18.6 Å². The molecule has 26 heavy (non-hydrogen) atoms. The second-order valence-electron chi connectivity index (χ2n) is 7.73. The molecule has 1 saturated carbocycles. The smallest absolute Gasteiger partial charge is 0.225 e. The molecule has 1 saturated heterocycles. The number of hydrogen-bond donors (Lipinski definition) is 0. The number of benzene rings is 1. The van der Waals surface area contributed by atoms with Crippen molar-refractivity contribution in [1.29, 1.82) is 0 Å². The van der Waals surface area contributed by atoms with Crippen molar-refractivity contribution >= 4 is 18.5 Å². The van der Waals surface area contributed by atoms with Crippen molar-refractivity contribution < 1.29 is 19.1 Å². The molecule has 1 heterocycles. The predicted octanol–water partition coefficient (Wildman–Crippen LogP) is 2.63. The van der Waals surface area contributed by atoms with E-state index in [0.29, 0.717) is 25.9 Å². The zero-order valence-electron chi connectivity index (χ0n) is 15.1. The molecule has 1 aromatic rings. The van der Waals surface area contributed by atoms with E-state index in [0.717, 1.165) is 44.1 Å². The Morgan fingerprint density at radius 3 is 2.54 bits per heavy atom. The average Bonchev–Trinajstić information content (AvgIpc) is 3.22. The van der Waals surface area contributed by atoms with Gasteiger partial charge in [0.25, 0.3) is 0 Å². The van der Waals surface area contributed by atoms with Crippen LogP contribution < -0.4 is 0 Å². The van der Waals surface area contributed by atoms with Crippen LogP contribution in [0.4, 0.5) is 0 Å². The first-order valence-corrected chi connectivity index (χ1v) is 9.48. The van der Waals surface area contributed by atoms with Crippen LogP contribution in [0.25, 0.3) is 0 Å². The Hall–Kier alpha value is -2.01. The number of likely N-dealkylation sites (tertiary alicyclic amines) is 1. The van der Waals surface area contributed by atoms with Gasteiger partial charge in [0.1, 0.15) is 12.6 Å². The van der Waals surface area contributed by atoms with Crippen LogP contribution in [0.1, 0.15) is 37.7 Å². The van der Waals surface area contributed by atoms with E-state index in [1.165, 1.54) is 0 Å². The topological polar surface area (TPSA) is 63.7 Å². The summed E-state index contributed by atoms with van der Waals surface area (Å²) in [7, 11) is 0. The first-order valence-electron chi connectivity index (χ1n) is 9.48. The van der Waals surface area contributed by atoms with Crippen LogP contribution in [0.15, 0.2) is 30.3 Å². The number of nitrogens with zero attached hydrogens (tertiary/aromatic N) is 1. The van der Waals surface area contributed by atoms with Gasteiger partial charge in [-0.1, -0.05) is 30.3 Å². The van der Waals surface area contributed by atoms with E-state index >= 15 is 0 Å². The van der Waals surface area contributed by atoms with Gasteiger partial charge in [-0.3, -0.25) is 4.79 Å². The fourth-order valence-corrected chi connectivity index (χ4v) is 4.31. The molecule has 2 fully saturated rings. The number of carbonyl (C=O) groups is 3. The highest BCUT2D eigenvalue weighted by molar-refractivity contribution is 5.81. The summed E-state index contributed by atoms with van der Waals surface area (Å²) in [5.74, 6) is -0.420. The van der Waals surface area contributed by atoms with Crippen molar-refractivity contribution in [1.82, 2.24) is 4.90 Å². The van der Waals surface area contributed by atoms with Gasteiger partial charge in [0, 0.05) is 24.9 Å². The Morgan fingerprint density at radius 1 is 1.15 bits per heavy atom. The summed E-state index contributed by atoms with van der Waals surface area (Å²) in [6, 6.07) is 9.79. The van der Waals surface area contributed by atoms with Gasteiger partial charge in [-0.15, -0.1) is 0 Å². The first-order chi connectivity index (χ1) is 12.7. The molecule has 1 amide bonds. The van der Waals surface area contributed by atoms with Crippen molar-refractivity contribution in [2.75, 3.05) is 19.7 Å². The maximum Gasteiger partial charge on any atom is 0.225 e. The monoisotopic (exact) mass is 357 g/mol. The van der Waals surface area contributed by atoms with Gasteiger partial charge < -0.3 is 19.2 Å². The van der Waals surface area contributed by atoms with Crippen molar-refractivity contribution in [3.8, 4) is 0 Å². The lowest BCUT2D eigenvalue weighted by Gasteiger charge is -2.39. The molecule has 5 nitrogen and oxygen atoms in total. The van der Waals surface area contributed by atoms with Crippen LogP contribution in [-0.2, 0) is 25.7 Å². The summed E-state index contributed by atoms with van der Waals surface area (Å²) >= 11 is 0. The van der Waals surface area contributed by atoms with Crippen molar-refractivity contribution in [3.05, 3.63) is 35.9 Å². The van der Waals surface area contributed by atoms with E-state index in [1.54, 1.807) is 0 Å². The summed E-state index contributed by atoms with van der Waals surface area (Å²) in [5, 5.41) is 0. The average molecular weight is 357 g/mol. The molecule has 140 valence electrons. The van der Waals surface area contributed by atoms with Crippen LogP contribution in [-0.4, -0.2) is 43.1 Å². The standard InChI is InChI=1S/C21H27NO4/c23-13-18-10-19(20(25)22-8-4-5-9-22)12-21(11-18,15-24)16-26-14-17-6-2-1-3-7-17/h1-3,6-7,13,15,18-19H,4-5,8-12,14,16H2. The summed E-state index contributed by atoms with van der Waals surface area (Å²) in [5.41, 5.74) is 0.291. The molecule has 2 aliphatic rings. The number of aldehydes is 2. The zero-order chi connectivity index (χ0) is 18.4. The van der Waals surface area contributed by atoms with Crippen LogP contribution >= 0.6 is 0 Å². The van der Waals surface area contributed by atoms with E-state index in [-0.39, 0.29) is 24.3 Å². The summed E-state index contributed by atoms with van der Waals surface area (Å²) in [6.45, 7) is 2.26. The fourth-order valence-electron chi connectivity index (χ4n) is 4.31. The lowest BCUT2D eigenvalue weighted by Crippen LogP contribution is -2.44. The first kappa shape index (κ1) is 18.8. The molecular formula is C21H27NO4. The second-order valence-corrected chi connectivity index (χ2v) is 7.73. The zero-order valence-corrected chi connectivity index (χ0v) is 15.1. The highest BCUT2D eigenvalue weighted by atomic mass is 16.5. The van der Waals surface area contributed by atoms with Crippen LogP contribution in [0.3, 0.4) is 0 Å². The van der Waals surface area contributed by atoms with Crippen LogP contribution in [0, 0.1) is 17.3 Å². The quantitative estimate of drug-likeness (QED) is 0.704. The molecule has 0 radical (unpaired) electrons. The number of ether oxygens (including phenoxy) is 1. The lowest BCUT2D eigenvalue weighted by atomic mass is 9.66. The molecular weight excluding hydrogens is 330 g/mol.